The molecule has 0 unspecified atom stereocenters. The van der Waals surface area contributed by atoms with Gasteiger partial charge in [-0.15, -0.1) is 0 Å². The van der Waals surface area contributed by atoms with Gasteiger partial charge in [-0.05, 0) is 24.3 Å². The monoisotopic (exact) mass is 362 g/mol. The summed E-state index contributed by atoms with van der Waals surface area (Å²) in [6.45, 7) is 0. The van der Waals surface area contributed by atoms with Crippen molar-refractivity contribution in [1.82, 2.24) is 0 Å². The van der Waals surface area contributed by atoms with E-state index >= 15 is 0 Å². The van der Waals surface area contributed by atoms with Crippen molar-refractivity contribution in [3.8, 4) is 0 Å². The van der Waals surface area contributed by atoms with E-state index in [-0.39, 0.29) is 11.1 Å². The van der Waals surface area contributed by atoms with Gasteiger partial charge in [0.15, 0.2) is 0 Å². The maximum atomic E-state index is 11.8. The number of carboxylic acid groups (broad SMARTS) is 2. The Bertz CT molecular complexity index is 776. The fraction of sp³-hybridized carbons (Fsp3) is 0. The Kier molecular flexibility index (Phi) is 5.75. The maximum Gasteiger partial charge on any atom is 0.513 e. The van der Waals surface area contributed by atoms with Crippen LogP contribution in [-0.2, 0) is 9.47 Å². The lowest BCUT2D eigenvalue weighted by molar-refractivity contribution is 0.0488. The first-order chi connectivity index (χ1) is 11.9. The van der Waals surface area contributed by atoms with Crippen molar-refractivity contribution in [1.29, 1.82) is 0 Å². The highest BCUT2D eigenvalue weighted by atomic mass is 32.2. The van der Waals surface area contributed by atoms with E-state index in [2.05, 4.69) is 9.47 Å². The minimum absolute atomic E-state index is 0.0173. The highest BCUT2D eigenvalue weighted by molar-refractivity contribution is 7.99. The number of hydrogen-bond donors (Lipinski definition) is 2. The first-order valence-corrected chi connectivity index (χ1v) is 7.46. The van der Waals surface area contributed by atoms with E-state index in [0.29, 0.717) is 9.79 Å². The van der Waals surface area contributed by atoms with Crippen LogP contribution in [0.4, 0.5) is 9.59 Å². The van der Waals surface area contributed by atoms with Crippen LogP contribution < -0.4 is 0 Å². The van der Waals surface area contributed by atoms with Crippen molar-refractivity contribution in [2.24, 2.45) is 0 Å². The van der Waals surface area contributed by atoms with E-state index in [1.807, 2.05) is 0 Å². The molecule has 9 heteroatoms. The summed E-state index contributed by atoms with van der Waals surface area (Å²) < 4.78 is 8.28. The average Bonchev–Trinajstić information content (AvgIpc) is 2.54. The van der Waals surface area contributed by atoms with E-state index in [1.165, 1.54) is 36.4 Å². The molecule has 0 aromatic heterocycles. The fourth-order valence-electron chi connectivity index (χ4n) is 1.84. The predicted molar refractivity (Wildman–Crippen MR) is 83.9 cm³/mol. The van der Waals surface area contributed by atoms with Crippen LogP contribution in [0.3, 0.4) is 0 Å². The highest BCUT2D eigenvalue weighted by Gasteiger charge is 2.20. The molecule has 0 heterocycles. The van der Waals surface area contributed by atoms with E-state index in [9.17, 15) is 19.2 Å². The smallest absolute Gasteiger partial charge is 0.449 e. The van der Waals surface area contributed by atoms with Crippen molar-refractivity contribution in [3.05, 3.63) is 59.7 Å². The van der Waals surface area contributed by atoms with Crippen molar-refractivity contribution in [3.63, 3.8) is 0 Å². The van der Waals surface area contributed by atoms with E-state index in [1.54, 1.807) is 12.1 Å². The van der Waals surface area contributed by atoms with E-state index in [4.69, 9.17) is 10.2 Å². The topological polar surface area (TPSA) is 127 Å². The summed E-state index contributed by atoms with van der Waals surface area (Å²) in [4.78, 5) is 45.4. The van der Waals surface area contributed by atoms with E-state index < -0.39 is 24.2 Å². The molecule has 0 radical (unpaired) electrons. The molecule has 0 aliphatic rings. The van der Waals surface area contributed by atoms with Gasteiger partial charge in [-0.2, -0.15) is 0 Å². The van der Waals surface area contributed by atoms with Gasteiger partial charge in [-0.1, -0.05) is 36.0 Å². The van der Waals surface area contributed by atoms with Crippen LogP contribution in [0.5, 0.6) is 0 Å². The minimum atomic E-state index is -1.74. The van der Waals surface area contributed by atoms with Gasteiger partial charge in [0.2, 0.25) is 0 Å². The lowest BCUT2D eigenvalue weighted by atomic mass is 10.2. The Balaban J connectivity index is 2.35. The Labute approximate surface area is 145 Å². The Morgan fingerprint density at radius 1 is 0.680 bits per heavy atom. The quantitative estimate of drug-likeness (QED) is 0.620. The second-order valence-electron chi connectivity index (χ2n) is 4.41. The second-order valence-corrected chi connectivity index (χ2v) is 5.49. The molecule has 25 heavy (non-hydrogen) atoms. The first kappa shape index (κ1) is 18.0. The largest absolute Gasteiger partial charge is 0.513 e. The van der Waals surface area contributed by atoms with Crippen LogP contribution in [-0.4, -0.2) is 34.5 Å². The number of rotatable bonds is 4. The Morgan fingerprint density at radius 3 is 1.40 bits per heavy atom. The van der Waals surface area contributed by atoms with Crippen LogP contribution in [0.1, 0.15) is 20.7 Å². The molecule has 2 aromatic carbocycles. The molecule has 8 nitrogen and oxygen atoms in total. The van der Waals surface area contributed by atoms with Crippen LogP contribution in [0.25, 0.3) is 0 Å². The molecule has 0 atom stereocenters. The van der Waals surface area contributed by atoms with E-state index in [0.717, 1.165) is 11.8 Å². The molecule has 0 saturated heterocycles. The van der Waals surface area contributed by atoms with Crippen molar-refractivity contribution in [2.45, 2.75) is 9.79 Å². The molecule has 2 N–H and O–H groups in total. The number of carbonyl (C=O) groups excluding carboxylic acids is 2. The number of hydrogen-bond acceptors (Lipinski definition) is 7. The average molecular weight is 362 g/mol. The second kappa shape index (κ2) is 7.97. The lowest BCUT2D eigenvalue weighted by Crippen LogP contribution is -2.12. The van der Waals surface area contributed by atoms with Gasteiger partial charge in [0.05, 0.1) is 11.1 Å². The zero-order valence-electron chi connectivity index (χ0n) is 12.4. The van der Waals surface area contributed by atoms with Crippen molar-refractivity contribution in [2.75, 3.05) is 0 Å². The summed E-state index contributed by atoms with van der Waals surface area (Å²) >= 11 is 0.964. The fourth-order valence-corrected chi connectivity index (χ4v) is 2.89. The SMILES string of the molecule is O=C(O)OC(=O)c1ccccc1Sc1ccccc1C(=O)OC(=O)O. The van der Waals surface area contributed by atoms with Gasteiger partial charge in [0, 0.05) is 9.79 Å². The normalized spacial score (nSPS) is 9.92. The van der Waals surface area contributed by atoms with Gasteiger partial charge in [-0.3, -0.25) is 0 Å². The van der Waals surface area contributed by atoms with Crippen molar-refractivity contribution < 1.29 is 38.9 Å². The molecule has 2 aromatic rings. The summed E-state index contributed by atoms with van der Waals surface area (Å²) in [6, 6.07) is 12.1. The third-order valence-corrected chi connectivity index (χ3v) is 3.95. The summed E-state index contributed by atoms with van der Waals surface area (Å²) in [5, 5.41) is 17.1. The number of benzene rings is 2. The molecular weight excluding hydrogens is 352 g/mol. The lowest BCUT2D eigenvalue weighted by Gasteiger charge is -2.10. The molecule has 0 amide bonds. The first-order valence-electron chi connectivity index (χ1n) is 6.64. The summed E-state index contributed by atoms with van der Waals surface area (Å²) in [5.41, 5.74) is -0.0346. The summed E-state index contributed by atoms with van der Waals surface area (Å²) in [5.74, 6) is -2.14. The third kappa shape index (κ3) is 4.82. The Morgan fingerprint density at radius 2 is 1.04 bits per heavy atom. The molecule has 0 spiro atoms. The maximum absolute atomic E-state index is 11.8. The zero-order chi connectivity index (χ0) is 18.4. The summed E-state index contributed by atoms with van der Waals surface area (Å²) in [7, 11) is 0. The van der Waals surface area contributed by atoms with Gasteiger partial charge in [0.25, 0.3) is 0 Å². The van der Waals surface area contributed by atoms with Crippen LogP contribution >= 0.6 is 11.8 Å². The molecule has 0 saturated carbocycles. The molecule has 0 fully saturated rings. The molecule has 0 aliphatic carbocycles. The predicted octanol–water partition coefficient (Wildman–Crippen LogP) is 3.51. The van der Waals surface area contributed by atoms with Crippen LogP contribution in [0.15, 0.2) is 58.3 Å². The number of ether oxygens (including phenoxy) is 2. The van der Waals surface area contributed by atoms with Crippen LogP contribution in [0.2, 0.25) is 0 Å². The molecule has 0 aliphatic heterocycles. The van der Waals surface area contributed by atoms with Crippen LogP contribution in [0, 0.1) is 0 Å². The zero-order valence-corrected chi connectivity index (χ0v) is 13.2. The number of esters is 2. The minimum Gasteiger partial charge on any atom is -0.449 e. The Hall–Kier alpha value is -3.33. The van der Waals surface area contributed by atoms with Gasteiger partial charge >= 0.3 is 24.2 Å². The molecule has 0 bridgehead atoms. The summed E-state index contributed by atoms with van der Waals surface area (Å²) in [6.07, 6.45) is -3.48. The van der Waals surface area contributed by atoms with Gasteiger partial charge in [0.1, 0.15) is 0 Å². The number of carbonyl (C=O) groups is 4. The van der Waals surface area contributed by atoms with Gasteiger partial charge in [-0.25, -0.2) is 19.2 Å². The molecular formula is C16H10O8S. The third-order valence-electron chi connectivity index (χ3n) is 2.79. The standard InChI is InChI=1S/C16H10O8S/c17-13(23-15(19)20)9-5-1-3-7-11(9)25-12-8-4-2-6-10(12)14(18)24-16(21)22/h1-8H,(H,19,20)(H,21,22). The molecule has 128 valence electrons. The van der Waals surface area contributed by atoms with Gasteiger partial charge < -0.3 is 19.7 Å². The highest BCUT2D eigenvalue weighted by Crippen LogP contribution is 2.33. The van der Waals surface area contributed by atoms with Crippen molar-refractivity contribution >= 4 is 36.0 Å². The molecule has 2 rings (SSSR count).